The van der Waals surface area contributed by atoms with Crippen molar-refractivity contribution in [2.45, 2.75) is 38.5 Å². The van der Waals surface area contributed by atoms with Gasteiger partial charge in [0.05, 0.1) is 33.8 Å². The van der Waals surface area contributed by atoms with Crippen molar-refractivity contribution < 1.29 is 40.2 Å². The fourth-order valence-corrected chi connectivity index (χ4v) is 15.3. The molecule has 5 nitrogen and oxygen atoms in total. The molecule has 0 fully saturated rings. The molecular formula is C97H72Ir2N5-. The summed E-state index contributed by atoms with van der Waals surface area (Å²) in [5.41, 5.74) is 28.0. The minimum absolute atomic E-state index is 0. The van der Waals surface area contributed by atoms with Crippen LogP contribution < -0.4 is 9.80 Å². The molecule has 0 spiro atoms. The van der Waals surface area contributed by atoms with E-state index in [1.165, 1.54) is 77.2 Å². The van der Waals surface area contributed by atoms with Crippen molar-refractivity contribution in [2.75, 3.05) is 9.80 Å². The molecule has 104 heavy (non-hydrogen) atoms. The number of aromatic nitrogens is 3. The number of rotatable bonds is 10. The first-order valence-electron chi connectivity index (χ1n) is 35.1. The van der Waals surface area contributed by atoms with Crippen molar-refractivity contribution in [1.29, 1.82) is 0 Å². The summed E-state index contributed by atoms with van der Waals surface area (Å²) in [6.45, 7) is 9.31. The molecule has 2 aliphatic carbocycles. The van der Waals surface area contributed by atoms with Gasteiger partial charge in [0.25, 0.3) is 0 Å². The first kappa shape index (κ1) is 68.2. The third-order valence-corrected chi connectivity index (χ3v) is 20.6. The minimum atomic E-state index is -0.0479. The zero-order valence-corrected chi connectivity index (χ0v) is 62.8. The minimum Gasteiger partial charge on any atom is -0.310 e. The Morgan fingerprint density at radius 1 is 0.279 bits per heavy atom. The molecule has 0 atom stereocenters. The summed E-state index contributed by atoms with van der Waals surface area (Å²) in [5, 5.41) is 7.11. The second-order valence-electron chi connectivity index (χ2n) is 27.4. The quantitative estimate of drug-likeness (QED) is 0.101. The first-order chi connectivity index (χ1) is 50.1. The molecular weight excluding hydrogens is 1620 g/mol. The molecule has 14 aromatic carbocycles. The van der Waals surface area contributed by atoms with Crippen LogP contribution in [-0.4, -0.2) is 15.0 Å². The molecule has 0 amide bonds. The molecule has 7 heteroatoms. The molecule has 3 heterocycles. The van der Waals surface area contributed by atoms with Gasteiger partial charge in [-0.25, -0.2) is 9.97 Å². The Hall–Kier alpha value is -11.5. The largest absolute Gasteiger partial charge is 0.310 e. The van der Waals surface area contributed by atoms with Gasteiger partial charge >= 0.3 is 0 Å². The van der Waals surface area contributed by atoms with Crippen LogP contribution in [0.15, 0.2) is 364 Å². The van der Waals surface area contributed by atoms with Gasteiger partial charge in [-0.1, -0.05) is 270 Å². The zero-order valence-electron chi connectivity index (χ0n) is 58.0. The van der Waals surface area contributed by atoms with E-state index in [1.807, 2.05) is 42.5 Å². The van der Waals surface area contributed by atoms with E-state index in [0.29, 0.717) is 0 Å². The average molecular weight is 1690 g/mol. The summed E-state index contributed by atoms with van der Waals surface area (Å²) in [5.74, 6) is 0. The normalized spacial score (nSPS) is 12.4. The number of para-hydroxylation sites is 2. The molecule has 504 valence electrons. The fourth-order valence-electron chi connectivity index (χ4n) is 15.3. The topological polar surface area (TPSA) is 45.2 Å². The van der Waals surface area contributed by atoms with Crippen molar-refractivity contribution in [3.05, 3.63) is 392 Å². The number of pyridine rings is 3. The summed E-state index contributed by atoms with van der Waals surface area (Å²) in [7, 11) is 0. The van der Waals surface area contributed by atoms with E-state index in [9.17, 15) is 0 Å². The van der Waals surface area contributed by atoms with Crippen LogP contribution in [-0.2, 0) is 51.0 Å². The summed E-state index contributed by atoms with van der Waals surface area (Å²) >= 11 is 0. The predicted molar refractivity (Wildman–Crippen MR) is 428 cm³/mol. The van der Waals surface area contributed by atoms with Gasteiger partial charge in [0, 0.05) is 113 Å². The third kappa shape index (κ3) is 12.8. The molecule has 0 saturated carbocycles. The van der Waals surface area contributed by atoms with Crippen LogP contribution >= 0.6 is 0 Å². The standard InChI is InChI=1S/C44H32N2.C42H32N2.C11H8N.2Ir/c1-3-17-37(18-4-1)45(43-23-11-15-35-13-7-9-21-41(35)43)39-29-25-33(26-30-39)34-27-31-40(32-28-34)46(38-19-5-2-6-20-38)44-24-12-16-36-14-8-10-22-42(36)44;1-41(2)33-11-7-5-9-29(33)31-19-15-27(23-35(31)41)37-21-17-25-13-14-26-18-22-38(44-40(26)39(25)43-37)28-16-20-32-30-10-6-8-12-34(30)42(3,4)36(32)24-28;1-2-6-10(7-3-1)11-8-4-5-9-12-11;;/h1-32H;5-24H,1-4H3;1-6,8-9H;;/q;;-1;;. The van der Waals surface area contributed by atoms with Crippen LogP contribution in [0.1, 0.15) is 49.9 Å². The van der Waals surface area contributed by atoms with Gasteiger partial charge in [-0.15, -0.1) is 35.9 Å². The van der Waals surface area contributed by atoms with Crippen LogP contribution in [0.2, 0.25) is 0 Å². The summed E-state index contributed by atoms with van der Waals surface area (Å²) < 4.78 is 0. The Morgan fingerprint density at radius 2 is 0.663 bits per heavy atom. The summed E-state index contributed by atoms with van der Waals surface area (Å²) in [6.07, 6.45) is 1.79. The van der Waals surface area contributed by atoms with Crippen molar-refractivity contribution in [2.24, 2.45) is 0 Å². The number of benzene rings is 14. The molecule has 0 saturated heterocycles. The number of anilines is 6. The molecule has 2 radical (unpaired) electrons. The number of fused-ring (bicyclic) bond motifs is 11. The fraction of sp³-hybridized carbons (Fsp3) is 0.0619. The summed E-state index contributed by atoms with van der Waals surface area (Å²) in [4.78, 5) is 19.5. The second-order valence-corrected chi connectivity index (χ2v) is 27.4. The van der Waals surface area contributed by atoms with E-state index in [-0.39, 0.29) is 51.0 Å². The molecule has 19 rings (SSSR count). The van der Waals surface area contributed by atoms with Gasteiger partial charge in [-0.3, -0.25) is 0 Å². The van der Waals surface area contributed by atoms with Crippen LogP contribution in [0, 0.1) is 6.07 Å². The van der Waals surface area contributed by atoms with E-state index in [1.54, 1.807) is 6.20 Å². The van der Waals surface area contributed by atoms with Gasteiger partial charge < -0.3 is 14.8 Å². The van der Waals surface area contributed by atoms with Crippen LogP contribution in [0.5, 0.6) is 0 Å². The number of hydrogen-bond acceptors (Lipinski definition) is 5. The Balaban J connectivity index is 0.000000142. The van der Waals surface area contributed by atoms with Gasteiger partial charge in [0.2, 0.25) is 0 Å². The smallest absolute Gasteiger partial charge is 0.0972 e. The SMILES string of the molecule is CC1(C)c2ccccc2-c2ccc(-c3ccc4ccc5ccc(-c6ccc7c(c6)C(C)(C)c6ccccc6-7)nc5c4n3)cc21.[Ir].[Ir].[c-]1ccccc1-c1ccccn1.c1ccc(N(c2ccc(-c3ccc(N(c4ccccc4)c4cccc5ccccc45)cc3)cc2)c2cccc3ccccc23)cc1. The Labute approximate surface area is 635 Å². The van der Waals surface area contributed by atoms with Gasteiger partial charge in [0.15, 0.2) is 0 Å². The average Bonchev–Trinajstić information content (AvgIpc) is 1.57. The molecule has 2 aliphatic rings. The summed E-state index contributed by atoms with van der Waals surface area (Å²) in [6, 6.07) is 130. The van der Waals surface area contributed by atoms with Crippen LogP contribution in [0.25, 0.3) is 111 Å². The maximum Gasteiger partial charge on any atom is 0.0972 e. The number of nitrogens with zero attached hydrogens (tertiary/aromatic N) is 5. The van der Waals surface area contributed by atoms with Crippen LogP contribution in [0.3, 0.4) is 0 Å². The molecule has 0 unspecified atom stereocenters. The monoisotopic (exact) mass is 1690 g/mol. The zero-order chi connectivity index (χ0) is 68.7. The molecule has 0 N–H and O–H groups in total. The van der Waals surface area contributed by atoms with Crippen molar-refractivity contribution in [3.63, 3.8) is 0 Å². The van der Waals surface area contributed by atoms with E-state index in [0.717, 1.165) is 89.7 Å². The van der Waals surface area contributed by atoms with Crippen molar-refractivity contribution >= 4 is 77.5 Å². The molecule has 0 aliphatic heterocycles. The van der Waals surface area contributed by atoms with E-state index < -0.39 is 0 Å². The molecule has 17 aromatic rings. The maximum atomic E-state index is 5.28. The second kappa shape index (κ2) is 29.1. The van der Waals surface area contributed by atoms with Gasteiger partial charge in [-0.05, 0) is 163 Å². The predicted octanol–water partition coefficient (Wildman–Crippen LogP) is 25.9. The molecule has 0 bridgehead atoms. The first-order valence-corrected chi connectivity index (χ1v) is 35.1. The maximum absolute atomic E-state index is 5.28. The third-order valence-electron chi connectivity index (χ3n) is 20.6. The van der Waals surface area contributed by atoms with Crippen LogP contribution in [0.4, 0.5) is 34.1 Å². The van der Waals surface area contributed by atoms with E-state index >= 15 is 0 Å². The Kier molecular flexibility index (Phi) is 19.1. The molecule has 3 aromatic heterocycles. The van der Waals surface area contributed by atoms with Gasteiger partial charge in [0.1, 0.15) is 0 Å². The van der Waals surface area contributed by atoms with E-state index in [2.05, 4.69) is 364 Å². The number of hydrogen-bond donors (Lipinski definition) is 0. The Bertz CT molecular complexity index is 5570. The van der Waals surface area contributed by atoms with Crippen molar-refractivity contribution in [1.82, 2.24) is 15.0 Å². The van der Waals surface area contributed by atoms with Crippen molar-refractivity contribution in [3.8, 4) is 67.2 Å². The Morgan fingerprint density at radius 3 is 1.12 bits per heavy atom. The van der Waals surface area contributed by atoms with Gasteiger partial charge in [-0.2, -0.15) is 0 Å². The van der Waals surface area contributed by atoms with E-state index in [4.69, 9.17) is 9.97 Å².